The van der Waals surface area contributed by atoms with Crippen molar-refractivity contribution in [1.29, 1.82) is 0 Å². The maximum atomic E-state index is 12.0. The summed E-state index contributed by atoms with van der Waals surface area (Å²) in [5.41, 5.74) is 5.12. The summed E-state index contributed by atoms with van der Waals surface area (Å²) in [6.45, 7) is 2.71. The van der Waals surface area contributed by atoms with Gasteiger partial charge < -0.3 is 10.7 Å². The number of rotatable bonds is 4. The van der Waals surface area contributed by atoms with Crippen molar-refractivity contribution in [1.82, 2.24) is 5.32 Å². The molecule has 1 atom stereocenters. The van der Waals surface area contributed by atoms with E-state index in [1.807, 2.05) is 30.8 Å². The van der Waals surface area contributed by atoms with E-state index in [-0.39, 0.29) is 5.91 Å². The Labute approximate surface area is 112 Å². The maximum absolute atomic E-state index is 12.0. The van der Waals surface area contributed by atoms with Crippen LogP contribution in [0.3, 0.4) is 0 Å². The molecule has 1 amide bonds. The number of nitrogens with one attached hydrogen (secondary N) is 2. The first kappa shape index (κ1) is 13.2. The molecule has 5 heteroatoms. The van der Waals surface area contributed by atoms with Gasteiger partial charge in [-0.25, -0.2) is 0 Å². The summed E-state index contributed by atoms with van der Waals surface area (Å²) in [6.07, 6.45) is 1.21. The van der Waals surface area contributed by atoms with E-state index in [0.29, 0.717) is 11.5 Å². The number of carbonyl (C=O) groups is 1. The number of benzene rings is 1. The van der Waals surface area contributed by atoms with Crippen LogP contribution in [0, 0.1) is 12.8 Å². The van der Waals surface area contributed by atoms with E-state index in [4.69, 9.17) is 5.84 Å². The molecule has 98 valence electrons. The third-order valence-electron chi connectivity index (χ3n) is 3.22. The largest absolute Gasteiger partial charge is 0.352 e. The Morgan fingerprint density at radius 1 is 1.56 bits per heavy atom. The molecule has 0 bridgehead atoms. The van der Waals surface area contributed by atoms with Crippen molar-refractivity contribution in [3.63, 3.8) is 0 Å². The van der Waals surface area contributed by atoms with Crippen LogP contribution in [-0.4, -0.2) is 24.0 Å². The molecule has 4 N–H and O–H groups in total. The van der Waals surface area contributed by atoms with Crippen molar-refractivity contribution in [3.05, 3.63) is 29.3 Å². The average molecular weight is 265 g/mol. The van der Waals surface area contributed by atoms with Gasteiger partial charge in [-0.1, -0.05) is 0 Å². The number of nitrogens with two attached hydrogens (primary N) is 1. The maximum Gasteiger partial charge on any atom is 0.251 e. The first-order valence-electron chi connectivity index (χ1n) is 6.14. The Morgan fingerprint density at radius 2 is 2.39 bits per heavy atom. The van der Waals surface area contributed by atoms with E-state index in [1.54, 1.807) is 6.07 Å². The van der Waals surface area contributed by atoms with Crippen LogP contribution in [0.25, 0.3) is 0 Å². The first-order valence-corrected chi connectivity index (χ1v) is 7.29. The molecule has 0 aromatic heterocycles. The van der Waals surface area contributed by atoms with Gasteiger partial charge in [-0.3, -0.25) is 10.6 Å². The first-order chi connectivity index (χ1) is 8.70. The highest BCUT2D eigenvalue weighted by molar-refractivity contribution is 7.99. The second kappa shape index (κ2) is 6.11. The van der Waals surface area contributed by atoms with Gasteiger partial charge in [-0.15, -0.1) is 0 Å². The van der Waals surface area contributed by atoms with E-state index in [0.717, 1.165) is 23.5 Å². The highest BCUT2D eigenvalue weighted by Crippen LogP contribution is 2.22. The van der Waals surface area contributed by atoms with Crippen LogP contribution in [-0.2, 0) is 0 Å². The summed E-state index contributed by atoms with van der Waals surface area (Å²) in [5.74, 6) is 8.37. The Bertz CT molecular complexity index is 430. The molecule has 1 aromatic carbocycles. The van der Waals surface area contributed by atoms with Gasteiger partial charge in [0.15, 0.2) is 0 Å². The minimum atomic E-state index is -0.00132. The van der Waals surface area contributed by atoms with Gasteiger partial charge in [-0.05, 0) is 54.5 Å². The van der Waals surface area contributed by atoms with Crippen LogP contribution in [0.1, 0.15) is 22.3 Å². The minimum absolute atomic E-state index is 0.00132. The van der Waals surface area contributed by atoms with Gasteiger partial charge in [0.1, 0.15) is 0 Å². The molecule has 1 aliphatic heterocycles. The third-order valence-corrected chi connectivity index (χ3v) is 4.45. The standard InChI is InChI=1S/C13H19N3OS/c1-9-6-11(2-3-12(9)16-14)13(17)15-7-10-4-5-18-8-10/h2-3,6,10,16H,4-5,7-8,14H2,1H3,(H,15,17). The lowest BCUT2D eigenvalue weighted by Gasteiger charge is -2.11. The van der Waals surface area contributed by atoms with Crippen molar-refractivity contribution in [3.8, 4) is 0 Å². The number of nitrogen functional groups attached to an aromatic ring is 1. The number of hydrogen-bond acceptors (Lipinski definition) is 4. The highest BCUT2D eigenvalue weighted by Gasteiger charge is 2.16. The Hall–Kier alpha value is -1.20. The molecule has 0 radical (unpaired) electrons. The lowest BCUT2D eigenvalue weighted by atomic mass is 10.1. The number of hydrazine groups is 1. The zero-order chi connectivity index (χ0) is 13.0. The molecule has 1 saturated heterocycles. The minimum Gasteiger partial charge on any atom is -0.352 e. The summed E-state index contributed by atoms with van der Waals surface area (Å²) >= 11 is 1.96. The zero-order valence-electron chi connectivity index (χ0n) is 10.5. The quantitative estimate of drug-likeness (QED) is 0.573. The van der Waals surface area contributed by atoms with Crippen molar-refractivity contribution < 1.29 is 4.79 Å². The van der Waals surface area contributed by atoms with Gasteiger partial charge in [-0.2, -0.15) is 11.8 Å². The van der Waals surface area contributed by atoms with Crippen LogP contribution >= 0.6 is 11.8 Å². The number of thioether (sulfide) groups is 1. The van der Waals surface area contributed by atoms with Gasteiger partial charge in [0.25, 0.3) is 5.91 Å². The van der Waals surface area contributed by atoms with Crippen molar-refractivity contribution >= 4 is 23.4 Å². The molecule has 1 heterocycles. The molecule has 18 heavy (non-hydrogen) atoms. The van der Waals surface area contributed by atoms with Gasteiger partial charge in [0.2, 0.25) is 0 Å². The van der Waals surface area contributed by atoms with Crippen LogP contribution < -0.4 is 16.6 Å². The molecule has 0 aliphatic carbocycles. The predicted molar refractivity (Wildman–Crippen MR) is 76.8 cm³/mol. The van der Waals surface area contributed by atoms with E-state index in [2.05, 4.69) is 10.7 Å². The molecular formula is C13H19N3OS. The SMILES string of the molecule is Cc1cc(C(=O)NCC2CCSC2)ccc1NN. The summed E-state index contributed by atoms with van der Waals surface area (Å²) < 4.78 is 0. The number of anilines is 1. The molecule has 1 unspecified atom stereocenters. The molecule has 1 aromatic rings. The lowest BCUT2D eigenvalue weighted by Crippen LogP contribution is -2.29. The highest BCUT2D eigenvalue weighted by atomic mass is 32.2. The van der Waals surface area contributed by atoms with E-state index >= 15 is 0 Å². The smallest absolute Gasteiger partial charge is 0.251 e. The van der Waals surface area contributed by atoms with E-state index in [1.165, 1.54) is 12.2 Å². The number of aryl methyl sites for hydroxylation is 1. The van der Waals surface area contributed by atoms with Crippen molar-refractivity contribution in [2.24, 2.45) is 11.8 Å². The Balaban J connectivity index is 1.93. The van der Waals surface area contributed by atoms with Crippen LogP contribution in [0.15, 0.2) is 18.2 Å². The fourth-order valence-electron chi connectivity index (χ4n) is 2.05. The molecule has 2 rings (SSSR count). The Morgan fingerprint density at radius 3 is 3.00 bits per heavy atom. The Kier molecular flexibility index (Phi) is 4.49. The van der Waals surface area contributed by atoms with Crippen LogP contribution in [0.4, 0.5) is 5.69 Å². The second-order valence-electron chi connectivity index (χ2n) is 4.61. The van der Waals surface area contributed by atoms with Crippen LogP contribution in [0.2, 0.25) is 0 Å². The molecule has 1 aliphatic rings. The summed E-state index contributed by atoms with van der Waals surface area (Å²) in [5, 5.41) is 3.00. The van der Waals surface area contributed by atoms with Gasteiger partial charge >= 0.3 is 0 Å². The zero-order valence-corrected chi connectivity index (χ0v) is 11.3. The fourth-order valence-corrected chi connectivity index (χ4v) is 3.33. The average Bonchev–Trinajstić information content (AvgIpc) is 2.89. The number of amides is 1. The normalized spacial score (nSPS) is 18.7. The lowest BCUT2D eigenvalue weighted by molar-refractivity contribution is 0.0948. The molecule has 1 fully saturated rings. The number of hydrogen-bond donors (Lipinski definition) is 3. The third kappa shape index (κ3) is 3.17. The van der Waals surface area contributed by atoms with Crippen molar-refractivity contribution in [2.75, 3.05) is 23.5 Å². The fraction of sp³-hybridized carbons (Fsp3) is 0.462. The van der Waals surface area contributed by atoms with Gasteiger partial charge in [0, 0.05) is 12.1 Å². The molecule has 4 nitrogen and oxygen atoms in total. The monoisotopic (exact) mass is 265 g/mol. The van der Waals surface area contributed by atoms with Crippen LogP contribution in [0.5, 0.6) is 0 Å². The summed E-state index contributed by atoms with van der Waals surface area (Å²) in [6, 6.07) is 5.48. The van der Waals surface area contributed by atoms with E-state index in [9.17, 15) is 4.79 Å². The summed E-state index contributed by atoms with van der Waals surface area (Å²) in [7, 11) is 0. The predicted octanol–water partition coefficient (Wildman–Crippen LogP) is 1.76. The topological polar surface area (TPSA) is 67.2 Å². The van der Waals surface area contributed by atoms with Crippen molar-refractivity contribution in [2.45, 2.75) is 13.3 Å². The summed E-state index contributed by atoms with van der Waals surface area (Å²) in [4.78, 5) is 12.0. The second-order valence-corrected chi connectivity index (χ2v) is 5.76. The van der Waals surface area contributed by atoms with E-state index < -0.39 is 0 Å². The molecular weight excluding hydrogens is 246 g/mol. The number of carbonyl (C=O) groups excluding carboxylic acids is 1. The molecule has 0 saturated carbocycles. The van der Waals surface area contributed by atoms with Gasteiger partial charge in [0.05, 0.1) is 5.69 Å². The molecule has 0 spiro atoms.